The molecule has 0 aliphatic carbocycles. The van der Waals surface area contributed by atoms with E-state index in [9.17, 15) is 4.79 Å². The maximum atomic E-state index is 11.4. The Morgan fingerprint density at radius 2 is 2.07 bits per heavy atom. The third kappa shape index (κ3) is 1.59. The molecular formula is C10H19N3O. The van der Waals surface area contributed by atoms with Crippen LogP contribution in [0.4, 0.5) is 4.79 Å². The zero-order chi connectivity index (χ0) is 10.2. The van der Waals surface area contributed by atoms with Crippen molar-refractivity contribution in [3.05, 3.63) is 0 Å². The van der Waals surface area contributed by atoms with Gasteiger partial charge in [-0.05, 0) is 19.4 Å². The molecule has 2 saturated heterocycles. The van der Waals surface area contributed by atoms with E-state index in [1.165, 1.54) is 0 Å². The van der Waals surface area contributed by atoms with E-state index >= 15 is 0 Å². The molecule has 0 aromatic carbocycles. The minimum Gasteiger partial charge on any atom is -0.331 e. The molecule has 4 nitrogen and oxygen atoms in total. The van der Waals surface area contributed by atoms with Gasteiger partial charge in [0.1, 0.15) is 0 Å². The molecule has 0 unspecified atom stereocenters. The molecule has 0 radical (unpaired) electrons. The van der Waals surface area contributed by atoms with Crippen LogP contribution in [0.15, 0.2) is 0 Å². The predicted octanol–water partition coefficient (Wildman–Crippen LogP) is 0.496. The highest BCUT2D eigenvalue weighted by Gasteiger charge is 2.42. The standard InChI is InChI=1S/C10H19N3O/c1-3-13-6-4-10(5-7-13)8-12(2)9(14)11-10/h3-8H2,1-2H3,(H,11,14). The van der Waals surface area contributed by atoms with Gasteiger partial charge in [0, 0.05) is 26.7 Å². The number of piperidine rings is 1. The molecule has 2 heterocycles. The zero-order valence-corrected chi connectivity index (χ0v) is 9.05. The van der Waals surface area contributed by atoms with Crippen molar-refractivity contribution in [1.29, 1.82) is 0 Å². The number of amides is 2. The number of carbonyl (C=O) groups excluding carboxylic acids is 1. The summed E-state index contributed by atoms with van der Waals surface area (Å²) in [7, 11) is 1.87. The maximum absolute atomic E-state index is 11.4. The highest BCUT2D eigenvalue weighted by Crippen LogP contribution is 2.26. The van der Waals surface area contributed by atoms with Crippen LogP contribution < -0.4 is 5.32 Å². The Morgan fingerprint density at radius 3 is 2.50 bits per heavy atom. The molecule has 2 amide bonds. The third-order valence-electron chi connectivity index (χ3n) is 3.52. The van der Waals surface area contributed by atoms with Gasteiger partial charge in [-0.15, -0.1) is 0 Å². The molecule has 0 saturated carbocycles. The Morgan fingerprint density at radius 1 is 1.43 bits per heavy atom. The van der Waals surface area contributed by atoms with Crippen LogP contribution in [0.3, 0.4) is 0 Å². The summed E-state index contributed by atoms with van der Waals surface area (Å²) in [5, 5.41) is 3.12. The minimum atomic E-state index is 0.0809. The first-order valence-electron chi connectivity index (χ1n) is 5.41. The van der Waals surface area contributed by atoms with E-state index in [0.29, 0.717) is 0 Å². The van der Waals surface area contributed by atoms with Gasteiger partial charge >= 0.3 is 6.03 Å². The van der Waals surface area contributed by atoms with E-state index in [1.807, 2.05) is 7.05 Å². The molecule has 1 N–H and O–H groups in total. The van der Waals surface area contributed by atoms with Gasteiger partial charge in [-0.1, -0.05) is 6.92 Å². The Hall–Kier alpha value is -0.770. The maximum Gasteiger partial charge on any atom is 0.317 e. The van der Waals surface area contributed by atoms with Crippen LogP contribution in [0.25, 0.3) is 0 Å². The SMILES string of the molecule is CCN1CCC2(CC1)CN(C)C(=O)N2. The topological polar surface area (TPSA) is 35.6 Å². The molecule has 0 aromatic heterocycles. The van der Waals surface area contributed by atoms with Gasteiger partial charge in [-0.2, -0.15) is 0 Å². The molecule has 0 bridgehead atoms. The van der Waals surface area contributed by atoms with E-state index in [-0.39, 0.29) is 11.6 Å². The van der Waals surface area contributed by atoms with Gasteiger partial charge in [0.05, 0.1) is 5.54 Å². The summed E-state index contributed by atoms with van der Waals surface area (Å²) in [5.74, 6) is 0. The second kappa shape index (κ2) is 3.42. The third-order valence-corrected chi connectivity index (χ3v) is 3.52. The molecule has 80 valence electrons. The van der Waals surface area contributed by atoms with Crippen LogP contribution in [0.2, 0.25) is 0 Å². The molecule has 14 heavy (non-hydrogen) atoms. The first kappa shape index (κ1) is 9.77. The molecule has 2 fully saturated rings. The second-order valence-electron chi connectivity index (χ2n) is 4.50. The summed E-state index contributed by atoms with van der Waals surface area (Å²) in [6, 6.07) is 0.0925. The van der Waals surface area contributed by atoms with Crippen LogP contribution in [-0.2, 0) is 0 Å². The van der Waals surface area contributed by atoms with Crippen molar-refractivity contribution < 1.29 is 4.79 Å². The zero-order valence-electron chi connectivity index (χ0n) is 9.05. The predicted molar refractivity (Wildman–Crippen MR) is 55.2 cm³/mol. The van der Waals surface area contributed by atoms with Crippen molar-refractivity contribution in [2.45, 2.75) is 25.3 Å². The van der Waals surface area contributed by atoms with E-state index < -0.39 is 0 Å². The molecule has 2 aliphatic heterocycles. The smallest absolute Gasteiger partial charge is 0.317 e. The van der Waals surface area contributed by atoms with Crippen molar-refractivity contribution in [2.24, 2.45) is 0 Å². The first-order chi connectivity index (χ1) is 6.65. The van der Waals surface area contributed by atoms with Crippen LogP contribution in [0.5, 0.6) is 0 Å². The lowest BCUT2D eigenvalue weighted by Gasteiger charge is -2.38. The molecule has 0 atom stereocenters. The summed E-state index contributed by atoms with van der Waals surface area (Å²) >= 11 is 0. The summed E-state index contributed by atoms with van der Waals surface area (Å²) < 4.78 is 0. The summed E-state index contributed by atoms with van der Waals surface area (Å²) in [6.45, 7) is 6.43. The fourth-order valence-electron chi connectivity index (χ4n) is 2.47. The van der Waals surface area contributed by atoms with Gasteiger partial charge in [0.25, 0.3) is 0 Å². The van der Waals surface area contributed by atoms with Crippen LogP contribution in [0, 0.1) is 0 Å². The van der Waals surface area contributed by atoms with E-state index in [4.69, 9.17) is 0 Å². The molecular weight excluding hydrogens is 178 g/mol. The van der Waals surface area contributed by atoms with Crippen molar-refractivity contribution in [3.8, 4) is 0 Å². The number of hydrogen-bond donors (Lipinski definition) is 1. The minimum absolute atomic E-state index is 0.0809. The van der Waals surface area contributed by atoms with E-state index in [0.717, 1.165) is 39.0 Å². The quantitative estimate of drug-likeness (QED) is 0.664. The van der Waals surface area contributed by atoms with Crippen LogP contribution in [0.1, 0.15) is 19.8 Å². The highest BCUT2D eigenvalue weighted by molar-refractivity contribution is 5.77. The van der Waals surface area contributed by atoms with Crippen molar-refractivity contribution in [2.75, 3.05) is 33.2 Å². The van der Waals surface area contributed by atoms with Crippen LogP contribution >= 0.6 is 0 Å². The monoisotopic (exact) mass is 197 g/mol. The number of carbonyl (C=O) groups is 1. The van der Waals surface area contributed by atoms with Gasteiger partial charge in [0.15, 0.2) is 0 Å². The Bertz CT molecular complexity index is 234. The summed E-state index contributed by atoms with van der Waals surface area (Å²) in [5.41, 5.74) is 0.0809. The first-order valence-corrected chi connectivity index (χ1v) is 5.41. The normalized spacial score (nSPS) is 27.0. The van der Waals surface area contributed by atoms with E-state index in [1.54, 1.807) is 4.90 Å². The summed E-state index contributed by atoms with van der Waals surface area (Å²) in [4.78, 5) is 15.6. The fourth-order valence-corrected chi connectivity index (χ4v) is 2.47. The summed E-state index contributed by atoms with van der Waals surface area (Å²) in [6.07, 6.45) is 2.19. The van der Waals surface area contributed by atoms with Gasteiger partial charge in [-0.3, -0.25) is 0 Å². The molecule has 2 rings (SSSR count). The lowest BCUT2D eigenvalue weighted by molar-refractivity contribution is 0.157. The fraction of sp³-hybridized carbons (Fsp3) is 0.900. The van der Waals surface area contributed by atoms with Crippen molar-refractivity contribution >= 4 is 6.03 Å². The van der Waals surface area contributed by atoms with E-state index in [2.05, 4.69) is 17.1 Å². The van der Waals surface area contributed by atoms with Crippen molar-refractivity contribution in [3.63, 3.8) is 0 Å². The molecule has 4 heteroatoms. The Labute approximate surface area is 85.2 Å². The molecule has 2 aliphatic rings. The van der Waals surface area contributed by atoms with Crippen LogP contribution in [-0.4, -0.2) is 54.6 Å². The number of likely N-dealkylation sites (tertiary alicyclic amines) is 1. The van der Waals surface area contributed by atoms with Gasteiger partial charge in [-0.25, -0.2) is 4.79 Å². The molecule has 1 spiro atoms. The Balaban J connectivity index is 1.97. The lowest BCUT2D eigenvalue weighted by atomic mass is 9.88. The number of nitrogens with one attached hydrogen (secondary N) is 1. The number of hydrogen-bond acceptors (Lipinski definition) is 2. The van der Waals surface area contributed by atoms with Crippen molar-refractivity contribution in [1.82, 2.24) is 15.1 Å². The van der Waals surface area contributed by atoms with Gasteiger partial charge in [0.2, 0.25) is 0 Å². The average Bonchev–Trinajstić information content (AvgIpc) is 2.44. The largest absolute Gasteiger partial charge is 0.331 e. The number of urea groups is 1. The Kier molecular flexibility index (Phi) is 2.39. The second-order valence-corrected chi connectivity index (χ2v) is 4.50. The molecule has 0 aromatic rings. The highest BCUT2D eigenvalue weighted by atomic mass is 16.2. The lowest BCUT2D eigenvalue weighted by Crippen LogP contribution is -2.52. The number of rotatable bonds is 1. The number of nitrogens with zero attached hydrogens (tertiary/aromatic N) is 2. The van der Waals surface area contributed by atoms with Gasteiger partial charge < -0.3 is 15.1 Å². The number of likely N-dealkylation sites (N-methyl/N-ethyl adjacent to an activating group) is 1. The average molecular weight is 197 g/mol.